The van der Waals surface area contributed by atoms with Crippen LogP contribution in [0, 0.1) is 40.4 Å². The van der Waals surface area contributed by atoms with Gasteiger partial charge in [-0.2, -0.15) is 0 Å². The molecule has 0 aliphatic heterocycles. The number of hydrogen-bond donors (Lipinski definition) is 7. The lowest BCUT2D eigenvalue weighted by molar-refractivity contribution is -0.0143. The van der Waals surface area contributed by atoms with Crippen LogP contribution in [-0.4, -0.2) is 129 Å². The predicted octanol–water partition coefficient (Wildman–Crippen LogP) is 9.17. The van der Waals surface area contributed by atoms with E-state index in [2.05, 4.69) is 81.3 Å². The molecule has 7 N–H and O–H groups in total. The van der Waals surface area contributed by atoms with E-state index in [1.807, 2.05) is 44.2 Å². The van der Waals surface area contributed by atoms with Crippen LogP contribution in [0.25, 0.3) is 34.2 Å². The molecule has 0 bridgehead atoms. The summed E-state index contributed by atoms with van der Waals surface area (Å²) in [7, 11) is -5.66. The van der Waals surface area contributed by atoms with E-state index in [4.69, 9.17) is 9.47 Å². The average Bonchev–Trinajstić information content (AvgIpc) is 1.78. The molecule has 504 valence electrons. The maximum atomic E-state index is 14.1. The van der Waals surface area contributed by atoms with Crippen LogP contribution in [0.5, 0.6) is 0 Å². The fourth-order valence-corrected chi connectivity index (χ4v) is 10.7. The number of urea groups is 1. The number of aryl methyl sites for hydroxylation is 8. The number of halogens is 3. The maximum absolute atomic E-state index is 14.1. The van der Waals surface area contributed by atoms with Crippen molar-refractivity contribution in [2.45, 2.75) is 73.1 Å². The van der Waals surface area contributed by atoms with Crippen LogP contribution in [-0.2, 0) is 60.7 Å². The molecule has 4 amide bonds. The van der Waals surface area contributed by atoms with E-state index >= 15 is 0 Å². The number of carbonyl (C=O) groups is 3. The van der Waals surface area contributed by atoms with Gasteiger partial charge in [-0.05, 0) is 108 Å². The Morgan fingerprint density at radius 2 is 0.895 bits per heavy atom. The molecule has 0 unspecified atom stereocenters. The molecule has 3 aromatic carbocycles. The maximum Gasteiger partial charge on any atom is 0.413 e. The summed E-state index contributed by atoms with van der Waals surface area (Å²) in [5.74, 6) is 0.167. The Balaban J connectivity index is 0.000000202. The Kier molecular flexibility index (Phi) is 23.0. The monoisotopic (exact) mass is 1370 g/mol. The molecule has 3 atom stereocenters. The molecule has 0 aliphatic carbocycles. The summed E-state index contributed by atoms with van der Waals surface area (Å²) in [6.45, 7) is 11.9. The summed E-state index contributed by atoms with van der Waals surface area (Å²) in [6.07, 6.45) is -4.36. The largest absolute Gasteiger partial charge is 0.441 e. The van der Waals surface area contributed by atoms with Gasteiger partial charge in [-0.1, -0.05) is 87.4 Å². The van der Waals surface area contributed by atoms with Crippen molar-refractivity contribution in [1.82, 2.24) is 65.3 Å². The van der Waals surface area contributed by atoms with Gasteiger partial charge >= 0.3 is 18.2 Å². The number of aromatic nitrogens is 12. The van der Waals surface area contributed by atoms with E-state index in [9.17, 15) is 52.8 Å². The minimum absolute atomic E-state index is 0.0629. The smallest absolute Gasteiger partial charge is 0.413 e. The summed E-state index contributed by atoms with van der Waals surface area (Å²) in [5.41, 5.74) is 7.05. The predicted molar refractivity (Wildman–Crippen MR) is 349 cm³/mol. The van der Waals surface area contributed by atoms with Crippen LogP contribution in [0.4, 0.5) is 62.1 Å². The van der Waals surface area contributed by atoms with Gasteiger partial charge in [0, 0.05) is 26.7 Å². The van der Waals surface area contributed by atoms with Crippen molar-refractivity contribution in [1.29, 1.82) is 0 Å². The first-order chi connectivity index (χ1) is 44.5. The minimum Gasteiger partial charge on any atom is -0.441 e. The highest BCUT2D eigenvalue weighted by atomic mass is 32.2. The van der Waals surface area contributed by atoms with Gasteiger partial charge < -0.3 is 14.8 Å². The molecule has 6 aromatic heterocycles. The molecule has 0 saturated carbocycles. The Labute approximate surface area is 545 Å². The summed E-state index contributed by atoms with van der Waals surface area (Å²) >= 11 is 0. The Hall–Kier alpha value is -10.6. The lowest BCUT2D eigenvalue weighted by atomic mass is 10.1. The highest BCUT2D eigenvalue weighted by Gasteiger charge is 2.29. The van der Waals surface area contributed by atoms with Gasteiger partial charge in [0.2, 0.25) is 30.1 Å². The van der Waals surface area contributed by atoms with E-state index in [0.717, 1.165) is 35.5 Å². The van der Waals surface area contributed by atoms with Crippen molar-refractivity contribution < 1.29 is 62.3 Å². The second-order valence-electron chi connectivity index (χ2n) is 21.5. The van der Waals surface area contributed by atoms with Crippen LogP contribution in [0.3, 0.4) is 0 Å². The van der Waals surface area contributed by atoms with Crippen LogP contribution in [0.15, 0.2) is 109 Å². The van der Waals surface area contributed by atoms with Crippen molar-refractivity contribution in [3.8, 4) is 34.2 Å². The molecule has 0 fully saturated rings. The molecule has 30 nitrogen and oxygen atoms in total. The SMILES string of the molecule is Cc1ccc(F)c([C@@H](C)OC(=O)Nc2c(-c3ccc(NS(C)(=O)=O)c(C)n3)nnn2C)c1.Cc1cccc([C@H](OC(=O)Nc2c(-c3ccc(NS(C)(=O)=O)c(C)n3)nnn2C)C(F)F)c1.Cc1nc(-c2nnn(C)c2NC(=O)N[C@H](C)c2ccccc2)ccc1NS(C)(=O)=O. The number of hydrogen-bond acceptors (Lipinski definition) is 20. The van der Waals surface area contributed by atoms with E-state index in [1.165, 1.54) is 57.5 Å². The first-order valence-electron chi connectivity index (χ1n) is 28.3. The molecular weight excluding hydrogens is 1300 g/mol. The highest BCUT2D eigenvalue weighted by Crippen LogP contribution is 2.32. The standard InChI is InChI=1S/C20H22F2N6O4S.C20H23FN6O4S.C19H23N7O3S/c1-11-6-5-7-13(10-11)17(18(21)22)32-20(29)24-19-16(25-27-28(19)3)15-9-8-14(12(2)23-15)26-33(4,30)31;1-11-6-7-15(21)14(10-11)13(3)31-20(28)23-19-18(24-26-27(19)4)17-9-8-16(12(2)22-17)25-32(5,29)30;1-12(14-8-6-5-7-9-14)21-19(27)22-18-17(23-25-26(18)3)16-11-10-15(13(2)20-16)24-30(4,28)29/h5-10,17-18,26H,1-4H3,(H,24,29);6-10,13,25H,1-5H3,(H,23,28);5-12,24H,1-4H3,(H2,21,22,27)/t17-;13-;12-/m011/s1. The lowest BCUT2D eigenvalue weighted by Gasteiger charge is -2.18. The van der Waals surface area contributed by atoms with Gasteiger partial charge in [0.05, 0.1) is 76.0 Å². The van der Waals surface area contributed by atoms with Crippen LogP contribution in [0.1, 0.15) is 77.0 Å². The number of anilines is 6. The van der Waals surface area contributed by atoms with Gasteiger partial charge in [-0.3, -0.25) is 30.1 Å². The fourth-order valence-electron chi connectivity index (χ4n) is 8.85. The van der Waals surface area contributed by atoms with Gasteiger partial charge in [-0.25, -0.2) is 81.8 Å². The van der Waals surface area contributed by atoms with Crippen LogP contribution in [0.2, 0.25) is 0 Å². The molecule has 0 spiro atoms. The molecule has 36 heteroatoms. The van der Waals surface area contributed by atoms with Crippen molar-refractivity contribution in [3.05, 3.63) is 160 Å². The van der Waals surface area contributed by atoms with Crippen LogP contribution < -0.4 is 35.4 Å². The quantitative estimate of drug-likeness (QED) is 0.0396. The molecule has 0 radical (unpaired) electrons. The number of sulfonamides is 3. The summed E-state index contributed by atoms with van der Waals surface area (Å²) in [4.78, 5) is 50.5. The number of nitrogens with zero attached hydrogens (tertiary/aromatic N) is 12. The molecule has 9 rings (SSSR count). The topological polar surface area (TPSA) is 387 Å². The van der Waals surface area contributed by atoms with Crippen molar-refractivity contribution in [3.63, 3.8) is 0 Å². The van der Waals surface area contributed by atoms with Gasteiger partial charge in [-0.15, -0.1) is 15.3 Å². The molecule has 6 heterocycles. The van der Waals surface area contributed by atoms with E-state index in [1.54, 1.807) is 91.2 Å². The number of rotatable bonds is 19. The van der Waals surface area contributed by atoms with E-state index in [0.29, 0.717) is 51.4 Å². The minimum atomic E-state index is -3.50. The Morgan fingerprint density at radius 1 is 0.495 bits per heavy atom. The average molecular weight is 1370 g/mol. The first kappa shape index (κ1) is 71.8. The first-order valence-corrected chi connectivity index (χ1v) is 33.9. The van der Waals surface area contributed by atoms with Gasteiger partial charge in [0.25, 0.3) is 6.43 Å². The van der Waals surface area contributed by atoms with Crippen molar-refractivity contribution >= 4 is 82.8 Å². The lowest BCUT2D eigenvalue weighted by Crippen LogP contribution is -2.32. The molecule has 0 aliphatic rings. The zero-order chi connectivity index (χ0) is 69.9. The van der Waals surface area contributed by atoms with Crippen molar-refractivity contribution in [2.24, 2.45) is 21.1 Å². The second-order valence-corrected chi connectivity index (χ2v) is 26.7. The molecule has 9 aromatic rings. The Bertz CT molecular complexity index is 4640. The highest BCUT2D eigenvalue weighted by molar-refractivity contribution is 7.92. The number of amides is 4. The number of nitrogens with one attached hydrogen (secondary N) is 7. The summed E-state index contributed by atoms with van der Waals surface area (Å²) in [6, 6.07) is 29.1. The zero-order valence-electron chi connectivity index (χ0n) is 53.4. The van der Waals surface area contributed by atoms with E-state index in [-0.39, 0.29) is 51.6 Å². The molecule has 0 saturated heterocycles. The molecule has 95 heavy (non-hydrogen) atoms. The fraction of sp³-hybridized carbons (Fsp3) is 0.288. The number of carbonyl (C=O) groups excluding carboxylic acids is 3. The summed E-state index contributed by atoms with van der Waals surface area (Å²) in [5, 5.41) is 34.4. The third kappa shape index (κ3) is 20.2. The van der Waals surface area contributed by atoms with E-state index < -0.39 is 72.7 Å². The molecular formula is C59H68F3N19O11S3. The van der Waals surface area contributed by atoms with Gasteiger partial charge in [0.15, 0.2) is 40.6 Å². The second kappa shape index (κ2) is 30.4. The number of benzene rings is 3. The number of pyridine rings is 3. The number of alkyl halides is 2. The summed E-state index contributed by atoms with van der Waals surface area (Å²) < 4.78 is 131. The Morgan fingerprint density at radius 3 is 1.29 bits per heavy atom. The van der Waals surface area contributed by atoms with Gasteiger partial charge in [0.1, 0.15) is 11.9 Å². The number of ether oxygens (including phenoxy) is 2. The van der Waals surface area contributed by atoms with Crippen molar-refractivity contribution in [2.75, 3.05) is 48.9 Å². The van der Waals surface area contributed by atoms with Crippen LogP contribution >= 0.6 is 0 Å². The zero-order valence-corrected chi connectivity index (χ0v) is 55.9. The third-order valence-corrected chi connectivity index (χ3v) is 15.2. The third-order valence-electron chi connectivity index (χ3n) is 13.4. The normalized spacial score (nSPS) is 12.3.